The maximum absolute atomic E-state index is 6.04. The zero-order chi connectivity index (χ0) is 12.2. The highest BCUT2D eigenvalue weighted by molar-refractivity contribution is 5.64. The van der Waals surface area contributed by atoms with E-state index in [-0.39, 0.29) is 0 Å². The van der Waals surface area contributed by atoms with Crippen LogP contribution >= 0.6 is 0 Å². The van der Waals surface area contributed by atoms with Gasteiger partial charge >= 0.3 is 0 Å². The molecule has 0 unspecified atom stereocenters. The molecule has 0 N–H and O–H groups in total. The fourth-order valence-corrected chi connectivity index (χ4v) is 2.58. The van der Waals surface area contributed by atoms with Gasteiger partial charge in [-0.1, -0.05) is 42.5 Å². The summed E-state index contributed by atoms with van der Waals surface area (Å²) in [4.78, 5) is 0. The summed E-state index contributed by atoms with van der Waals surface area (Å²) in [6.45, 7) is 0. The van der Waals surface area contributed by atoms with E-state index in [2.05, 4.69) is 48.5 Å². The van der Waals surface area contributed by atoms with Gasteiger partial charge in [-0.05, 0) is 48.9 Å². The van der Waals surface area contributed by atoms with Gasteiger partial charge in [0.2, 0.25) is 0 Å². The maximum atomic E-state index is 6.04. The first-order valence-electron chi connectivity index (χ1n) is 6.74. The van der Waals surface area contributed by atoms with Crippen LogP contribution in [0.3, 0.4) is 0 Å². The third-order valence-electron chi connectivity index (χ3n) is 3.55. The molecular formula is C17H18O. The summed E-state index contributed by atoms with van der Waals surface area (Å²) >= 11 is 0. The van der Waals surface area contributed by atoms with Crippen LogP contribution in [0.5, 0.6) is 5.75 Å². The number of benzene rings is 2. The standard InChI is InChI=1S/C17H18O/c1-2-7-14(8-3-1)15-9-6-12-17(13-15)18-16-10-4-5-11-16/h1-3,6-9,12-13,16H,4-5,10-11H2. The lowest BCUT2D eigenvalue weighted by Crippen LogP contribution is -2.10. The van der Waals surface area contributed by atoms with E-state index >= 15 is 0 Å². The highest BCUT2D eigenvalue weighted by Gasteiger charge is 2.16. The Balaban J connectivity index is 1.80. The van der Waals surface area contributed by atoms with Crippen molar-refractivity contribution in [3.63, 3.8) is 0 Å². The van der Waals surface area contributed by atoms with Crippen LogP contribution < -0.4 is 4.74 Å². The van der Waals surface area contributed by atoms with Crippen LogP contribution in [0, 0.1) is 0 Å². The number of hydrogen-bond donors (Lipinski definition) is 0. The van der Waals surface area contributed by atoms with Gasteiger partial charge in [-0.2, -0.15) is 0 Å². The molecule has 0 aliphatic heterocycles. The molecule has 1 nitrogen and oxygen atoms in total. The van der Waals surface area contributed by atoms with E-state index in [0.717, 1.165) is 5.75 Å². The molecular weight excluding hydrogens is 220 g/mol. The summed E-state index contributed by atoms with van der Waals surface area (Å²) in [5.41, 5.74) is 2.47. The zero-order valence-corrected chi connectivity index (χ0v) is 10.5. The summed E-state index contributed by atoms with van der Waals surface area (Å²) in [5, 5.41) is 0. The Labute approximate surface area is 108 Å². The Hall–Kier alpha value is -1.76. The molecule has 3 rings (SSSR count). The third-order valence-corrected chi connectivity index (χ3v) is 3.55. The second-order valence-corrected chi connectivity index (χ2v) is 4.92. The van der Waals surface area contributed by atoms with Crippen molar-refractivity contribution >= 4 is 0 Å². The fraction of sp³-hybridized carbons (Fsp3) is 0.294. The lowest BCUT2D eigenvalue weighted by atomic mass is 10.1. The van der Waals surface area contributed by atoms with Crippen molar-refractivity contribution in [3.05, 3.63) is 54.6 Å². The molecule has 0 heterocycles. The first kappa shape index (κ1) is 11.3. The maximum Gasteiger partial charge on any atom is 0.120 e. The highest BCUT2D eigenvalue weighted by Crippen LogP contribution is 2.27. The average molecular weight is 238 g/mol. The van der Waals surface area contributed by atoms with Gasteiger partial charge in [0, 0.05) is 0 Å². The molecule has 0 spiro atoms. The Morgan fingerprint density at radius 1 is 0.778 bits per heavy atom. The van der Waals surface area contributed by atoms with E-state index in [1.807, 2.05) is 6.07 Å². The topological polar surface area (TPSA) is 9.23 Å². The van der Waals surface area contributed by atoms with Crippen molar-refractivity contribution in [2.45, 2.75) is 31.8 Å². The predicted molar refractivity (Wildman–Crippen MR) is 74.8 cm³/mol. The molecule has 0 radical (unpaired) electrons. The zero-order valence-electron chi connectivity index (χ0n) is 10.5. The molecule has 0 atom stereocenters. The molecule has 0 aromatic heterocycles. The van der Waals surface area contributed by atoms with Crippen LogP contribution in [0.25, 0.3) is 11.1 Å². The molecule has 0 saturated heterocycles. The first-order valence-corrected chi connectivity index (χ1v) is 6.74. The molecule has 1 saturated carbocycles. The quantitative estimate of drug-likeness (QED) is 0.754. The molecule has 92 valence electrons. The van der Waals surface area contributed by atoms with Crippen LogP contribution in [0.1, 0.15) is 25.7 Å². The molecule has 18 heavy (non-hydrogen) atoms. The molecule has 2 aromatic rings. The first-order chi connectivity index (χ1) is 8.92. The van der Waals surface area contributed by atoms with Crippen molar-refractivity contribution in [1.29, 1.82) is 0 Å². The molecule has 1 aliphatic rings. The van der Waals surface area contributed by atoms with Crippen LogP contribution in [-0.4, -0.2) is 6.10 Å². The Morgan fingerprint density at radius 3 is 2.28 bits per heavy atom. The molecule has 0 bridgehead atoms. The van der Waals surface area contributed by atoms with Crippen LogP contribution in [0.4, 0.5) is 0 Å². The lowest BCUT2D eigenvalue weighted by molar-refractivity contribution is 0.210. The normalized spacial score (nSPS) is 15.8. The second kappa shape index (κ2) is 5.26. The predicted octanol–water partition coefficient (Wildman–Crippen LogP) is 4.68. The van der Waals surface area contributed by atoms with E-state index in [4.69, 9.17) is 4.74 Å². The summed E-state index contributed by atoms with van der Waals surface area (Å²) in [7, 11) is 0. The number of ether oxygens (including phenoxy) is 1. The van der Waals surface area contributed by atoms with Crippen LogP contribution in [0.2, 0.25) is 0 Å². The number of hydrogen-bond acceptors (Lipinski definition) is 1. The Morgan fingerprint density at radius 2 is 1.50 bits per heavy atom. The highest BCUT2D eigenvalue weighted by atomic mass is 16.5. The summed E-state index contributed by atoms with van der Waals surface area (Å²) in [5.74, 6) is 1.00. The monoisotopic (exact) mass is 238 g/mol. The van der Waals surface area contributed by atoms with Crippen LogP contribution in [-0.2, 0) is 0 Å². The minimum atomic E-state index is 0.427. The van der Waals surface area contributed by atoms with Crippen molar-refractivity contribution < 1.29 is 4.74 Å². The van der Waals surface area contributed by atoms with E-state index in [0.29, 0.717) is 6.10 Å². The van der Waals surface area contributed by atoms with E-state index in [9.17, 15) is 0 Å². The third kappa shape index (κ3) is 2.56. The molecule has 2 aromatic carbocycles. The summed E-state index contributed by atoms with van der Waals surface area (Å²) < 4.78 is 6.04. The van der Waals surface area contributed by atoms with E-state index in [1.165, 1.54) is 36.8 Å². The van der Waals surface area contributed by atoms with Gasteiger partial charge in [-0.15, -0.1) is 0 Å². The largest absolute Gasteiger partial charge is 0.490 e. The van der Waals surface area contributed by atoms with Gasteiger partial charge in [0.1, 0.15) is 5.75 Å². The minimum Gasteiger partial charge on any atom is -0.490 e. The van der Waals surface area contributed by atoms with Gasteiger partial charge in [0.15, 0.2) is 0 Å². The van der Waals surface area contributed by atoms with Gasteiger partial charge in [-0.3, -0.25) is 0 Å². The minimum absolute atomic E-state index is 0.427. The number of rotatable bonds is 3. The SMILES string of the molecule is c1ccc(-c2cccc(OC3CCCC3)c2)cc1. The molecule has 1 heteroatoms. The van der Waals surface area contributed by atoms with Crippen LogP contribution in [0.15, 0.2) is 54.6 Å². The van der Waals surface area contributed by atoms with Gasteiger partial charge in [0.25, 0.3) is 0 Å². The lowest BCUT2D eigenvalue weighted by Gasteiger charge is -2.13. The van der Waals surface area contributed by atoms with Crippen molar-refractivity contribution in [1.82, 2.24) is 0 Å². The van der Waals surface area contributed by atoms with Gasteiger partial charge in [-0.25, -0.2) is 0 Å². The Kier molecular flexibility index (Phi) is 3.31. The van der Waals surface area contributed by atoms with Gasteiger partial charge in [0.05, 0.1) is 6.10 Å². The summed E-state index contributed by atoms with van der Waals surface area (Å²) in [6.07, 6.45) is 5.45. The van der Waals surface area contributed by atoms with Crippen molar-refractivity contribution in [2.24, 2.45) is 0 Å². The van der Waals surface area contributed by atoms with E-state index < -0.39 is 0 Å². The van der Waals surface area contributed by atoms with Crippen molar-refractivity contribution in [2.75, 3.05) is 0 Å². The van der Waals surface area contributed by atoms with E-state index in [1.54, 1.807) is 0 Å². The average Bonchev–Trinajstić information content (AvgIpc) is 2.93. The molecule has 1 fully saturated rings. The molecule has 0 amide bonds. The smallest absolute Gasteiger partial charge is 0.120 e. The molecule has 1 aliphatic carbocycles. The van der Waals surface area contributed by atoms with Gasteiger partial charge < -0.3 is 4.74 Å². The summed E-state index contributed by atoms with van der Waals surface area (Å²) in [6, 6.07) is 18.9. The Bertz CT molecular complexity index is 498. The fourth-order valence-electron chi connectivity index (χ4n) is 2.58. The second-order valence-electron chi connectivity index (χ2n) is 4.92. The van der Waals surface area contributed by atoms with Crippen molar-refractivity contribution in [3.8, 4) is 16.9 Å².